The van der Waals surface area contributed by atoms with Gasteiger partial charge in [0.25, 0.3) is 0 Å². The van der Waals surface area contributed by atoms with E-state index in [0.29, 0.717) is 17.0 Å². The molecule has 0 aliphatic carbocycles. The van der Waals surface area contributed by atoms with Gasteiger partial charge in [-0.15, -0.1) is 11.6 Å². The molecule has 1 aromatic heterocycles. The number of nitriles is 2. The second-order valence-corrected chi connectivity index (χ2v) is 4.74. The minimum Gasteiger partial charge on any atom is -0.295 e. The van der Waals surface area contributed by atoms with Gasteiger partial charge in [0.1, 0.15) is 5.82 Å². The van der Waals surface area contributed by atoms with Gasteiger partial charge in [-0.3, -0.25) is 4.57 Å². The summed E-state index contributed by atoms with van der Waals surface area (Å²) in [7, 11) is 0. The number of hydrogen-bond donors (Lipinski definition) is 0. The van der Waals surface area contributed by atoms with Crippen molar-refractivity contribution in [3.8, 4) is 17.8 Å². The Labute approximate surface area is 126 Å². The SMILES string of the molecule is N#Cc1ccc(-n2c(CCl)nc3ccc(C#N)cc32)cc1. The standard InChI is InChI=1S/C16H9ClN4/c17-8-16-20-14-6-3-12(10-19)7-15(14)21(16)13-4-1-11(9-18)2-5-13/h1-7H,8H2. The molecule has 0 fully saturated rings. The Balaban J connectivity index is 2.28. The van der Waals surface area contributed by atoms with Gasteiger partial charge in [-0.1, -0.05) is 0 Å². The van der Waals surface area contributed by atoms with Gasteiger partial charge in [0.05, 0.1) is 40.2 Å². The van der Waals surface area contributed by atoms with E-state index in [1.165, 1.54) is 0 Å². The van der Waals surface area contributed by atoms with Crippen molar-refractivity contribution in [3.63, 3.8) is 0 Å². The molecule has 0 atom stereocenters. The second-order valence-electron chi connectivity index (χ2n) is 4.47. The highest BCUT2D eigenvalue weighted by Gasteiger charge is 2.12. The van der Waals surface area contributed by atoms with E-state index >= 15 is 0 Å². The maximum atomic E-state index is 9.05. The first-order chi connectivity index (χ1) is 10.3. The Hall–Kier alpha value is -2.82. The lowest BCUT2D eigenvalue weighted by molar-refractivity contribution is 0.981. The molecule has 0 saturated carbocycles. The molecule has 0 amide bonds. The van der Waals surface area contributed by atoms with Gasteiger partial charge in [-0.25, -0.2) is 4.98 Å². The number of nitrogens with zero attached hydrogens (tertiary/aromatic N) is 4. The van der Waals surface area contributed by atoms with Crippen molar-refractivity contribution >= 4 is 22.6 Å². The molecule has 0 bridgehead atoms. The lowest BCUT2D eigenvalue weighted by Crippen LogP contribution is -1.99. The van der Waals surface area contributed by atoms with Crippen LogP contribution in [0.1, 0.15) is 17.0 Å². The zero-order valence-corrected chi connectivity index (χ0v) is 11.7. The van der Waals surface area contributed by atoms with Crippen LogP contribution >= 0.6 is 11.6 Å². The molecule has 4 nitrogen and oxygen atoms in total. The normalized spacial score (nSPS) is 10.2. The molecule has 0 spiro atoms. The van der Waals surface area contributed by atoms with Gasteiger partial charge in [0.2, 0.25) is 0 Å². The number of fused-ring (bicyclic) bond motifs is 1. The van der Waals surface area contributed by atoms with E-state index in [1.54, 1.807) is 24.3 Å². The Morgan fingerprint density at radius 3 is 2.29 bits per heavy atom. The van der Waals surface area contributed by atoms with Crippen LogP contribution < -0.4 is 0 Å². The lowest BCUT2D eigenvalue weighted by atomic mass is 10.2. The highest BCUT2D eigenvalue weighted by molar-refractivity contribution is 6.17. The minimum atomic E-state index is 0.260. The van der Waals surface area contributed by atoms with E-state index in [2.05, 4.69) is 17.1 Å². The summed E-state index contributed by atoms with van der Waals surface area (Å²) in [5.41, 5.74) is 3.64. The monoisotopic (exact) mass is 292 g/mol. The van der Waals surface area contributed by atoms with E-state index in [1.807, 2.05) is 22.8 Å². The van der Waals surface area contributed by atoms with E-state index in [0.717, 1.165) is 16.7 Å². The van der Waals surface area contributed by atoms with Crippen LogP contribution in [0.2, 0.25) is 0 Å². The minimum absolute atomic E-state index is 0.260. The quantitative estimate of drug-likeness (QED) is 0.679. The van der Waals surface area contributed by atoms with Gasteiger partial charge in [-0.2, -0.15) is 10.5 Å². The average molecular weight is 293 g/mol. The molecule has 2 aromatic carbocycles. The molecule has 0 aliphatic heterocycles. The summed E-state index contributed by atoms with van der Waals surface area (Å²) in [4.78, 5) is 4.48. The number of aromatic nitrogens is 2. The molecule has 0 unspecified atom stereocenters. The van der Waals surface area contributed by atoms with Gasteiger partial charge in [0, 0.05) is 5.69 Å². The first kappa shape index (κ1) is 13.2. The van der Waals surface area contributed by atoms with Crippen LogP contribution in [-0.2, 0) is 5.88 Å². The molecule has 0 radical (unpaired) electrons. The van der Waals surface area contributed by atoms with Gasteiger partial charge >= 0.3 is 0 Å². The summed E-state index contributed by atoms with van der Waals surface area (Å²) in [6.07, 6.45) is 0. The fraction of sp³-hybridized carbons (Fsp3) is 0.0625. The molecule has 1 heterocycles. The zero-order valence-electron chi connectivity index (χ0n) is 10.9. The van der Waals surface area contributed by atoms with Crippen LogP contribution in [0.3, 0.4) is 0 Å². The Morgan fingerprint density at radius 1 is 1.00 bits per heavy atom. The highest BCUT2D eigenvalue weighted by atomic mass is 35.5. The number of rotatable bonds is 2. The maximum absolute atomic E-state index is 9.05. The summed E-state index contributed by atoms with van der Waals surface area (Å²) in [6, 6.07) is 16.7. The third-order valence-electron chi connectivity index (χ3n) is 3.23. The van der Waals surface area contributed by atoms with Crippen molar-refractivity contribution in [2.24, 2.45) is 0 Å². The third-order valence-corrected chi connectivity index (χ3v) is 3.47. The van der Waals surface area contributed by atoms with E-state index in [-0.39, 0.29) is 5.88 Å². The van der Waals surface area contributed by atoms with E-state index in [4.69, 9.17) is 22.1 Å². The zero-order chi connectivity index (χ0) is 14.8. The highest BCUT2D eigenvalue weighted by Crippen LogP contribution is 2.24. The molecule has 5 heteroatoms. The number of benzene rings is 2. The average Bonchev–Trinajstić information content (AvgIpc) is 2.92. The van der Waals surface area contributed by atoms with Crippen LogP contribution in [-0.4, -0.2) is 9.55 Å². The number of halogens is 1. The number of hydrogen-bond acceptors (Lipinski definition) is 3. The summed E-state index contributed by atoms with van der Waals surface area (Å²) in [5.74, 6) is 0.961. The van der Waals surface area contributed by atoms with Gasteiger partial charge < -0.3 is 0 Å². The van der Waals surface area contributed by atoms with Crippen molar-refractivity contribution in [2.45, 2.75) is 5.88 Å². The predicted molar refractivity (Wildman–Crippen MR) is 80.1 cm³/mol. The molecular weight excluding hydrogens is 284 g/mol. The summed E-state index contributed by atoms with van der Waals surface area (Å²) in [5, 5.41) is 17.9. The maximum Gasteiger partial charge on any atom is 0.129 e. The van der Waals surface area contributed by atoms with Crippen molar-refractivity contribution in [2.75, 3.05) is 0 Å². The Bertz CT molecular complexity index is 895. The van der Waals surface area contributed by atoms with Gasteiger partial charge in [-0.05, 0) is 42.5 Å². The second kappa shape index (κ2) is 5.28. The topological polar surface area (TPSA) is 65.4 Å². The molecule has 100 valence electrons. The summed E-state index contributed by atoms with van der Waals surface area (Å²) < 4.78 is 1.91. The first-order valence-electron chi connectivity index (χ1n) is 6.25. The molecule has 21 heavy (non-hydrogen) atoms. The van der Waals surface area contributed by atoms with Crippen LogP contribution in [0, 0.1) is 22.7 Å². The smallest absolute Gasteiger partial charge is 0.129 e. The van der Waals surface area contributed by atoms with E-state index < -0.39 is 0 Å². The molecular formula is C16H9ClN4. The largest absolute Gasteiger partial charge is 0.295 e. The van der Waals surface area contributed by atoms with Crippen molar-refractivity contribution in [1.82, 2.24) is 9.55 Å². The molecule has 0 saturated heterocycles. The van der Waals surface area contributed by atoms with Gasteiger partial charge in [0.15, 0.2) is 0 Å². The van der Waals surface area contributed by atoms with Crippen LogP contribution in [0.25, 0.3) is 16.7 Å². The number of alkyl halides is 1. The van der Waals surface area contributed by atoms with Crippen molar-refractivity contribution < 1.29 is 0 Å². The fourth-order valence-corrected chi connectivity index (χ4v) is 2.44. The fourth-order valence-electron chi connectivity index (χ4n) is 2.26. The van der Waals surface area contributed by atoms with E-state index in [9.17, 15) is 0 Å². The lowest BCUT2D eigenvalue weighted by Gasteiger charge is -2.07. The molecule has 3 rings (SSSR count). The number of imidazole rings is 1. The molecule has 0 N–H and O–H groups in total. The van der Waals surface area contributed by atoms with Crippen LogP contribution in [0.15, 0.2) is 42.5 Å². The van der Waals surface area contributed by atoms with Crippen molar-refractivity contribution in [1.29, 1.82) is 10.5 Å². The summed E-state index contributed by atoms with van der Waals surface area (Å²) >= 11 is 5.98. The third kappa shape index (κ3) is 2.23. The molecule has 3 aromatic rings. The summed E-state index contributed by atoms with van der Waals surface area (Å²) in [6.45, 7) is 0. The van der Waals surface area contributed by atoms with Crippen molar-refractivity contribution in [3.05, 3.63) is 59.4 Å². The Kier molecular flexibility index (Phi) is 3.31. The predicted octanol–water partition coefficient (Wildman–Crippen LogP) is 3.51. The van der Waals surface area contributed by atoms with Crippen LogP contribution in [0.5, 0.6) is 0 Å². The van der Waals surface area contributed by atoms with Crippen LogP contribution in [0.4, 0.5) is 0 Å². The molecule has 0 aliphatic rings. The first-order valence-corrected chi connectivity index (χ1v) is 6.78. The Morgan fingerprint density at radius 2 is 1.67 bits per heavy atom.